The molecule has 3 N–H and O–H groups in total. The third kappa shape index (κ3) is 3.56. The minimum Gasteiger partial charge on any atom is -0.508 e. The molecule has 0 saturated carbocycles. The summed E-state index contributed by atoms with van der Waals surface area (Å²) in [6, 6.07) is 10.9. The molecule has 0 amide bonds. The van der Waals surface area contributed by atoms with E-state index < -0.39 is 6.10 Å². The largest absolute Gasteiger partial charge is 0.508 e. The van der Waals surface area contributed by atoms with Crippen molar-refractivity contribution in [2.45, 2.75) is 12.6 Å². The molecule has 1 unspecified atom stereocenters. The topological polar surface area (TPSA) is 52.5 Å². The van der Waals surface area contributed by atoms with Crippen molar-refractivity contribution >= 4 is 11.3 Å². The zero-order chi connectivity index (χ0) is 12.1. The van der Waals surface area contributed by atoms with E-state index in [-0.39, 0.29) is 5.75 Å². The molecule has 1 atom stereocenters. The summed E-state index contributed by atoms with van der Waals surface area (Å²) in [5, 5.41) is 24.1. The first-order valence-corrected chi connectivity index (χ1v) is 6.34. The van der Waals surface area contributed by atoms with Crippen LogP contribution in [0.2, 0.25) is 0 Å². The van der Waals surface area contributed by atoms with Gasteiger partial charge in [0.25, 0.3) is 0 Å². The van der Waals surface area contributed by atoms with Crippen molar-refractivity contribution in [1.82, 2.24) is 5.32 Å². The Labute approximate surface area is 104 Å². The highest BCUT2D eigenvalue weighted by Gasteiger charge is 2.07. The van der Waals surface area contributed by atoms with E-state index in [1.165, 1.54) is 0 Å². The van der Waals surface area contributed by atoms with Crippen molar-refractivity contribution in [3.05, 3.63) is 52.2 Å². The first-order chi connectivity index (χ1) is 8.25. The van der Waals surface area contributed by atoms with E-state index in [0.717, 1.165) is 10.4 Å². The lowest BCUT2D eigenvalue weighted by molar-refractivity contribution is 0.178. The molecule has 3 nitrogen and oxygen atoms in total. The third-order valence-electron chi connectivity index (χ3n) is 2.47. The predicted octanol–water partition coefficient (Wildman–Crippen LogP) is 2.28. The lowest BCUT2D eigenvalue weighted by Gasteiger charge is -2.10. The average Bonchev–Trinajstić information content (AvgIpc) is 2.85. The van der Waals surface area contributed by atoms with Crippen molar-refractivity contribution in [2.75, 3.05) is 6.54 Å². The SMILES string of the molecule is Oc1ccc(CNCC(O)c2cccs2)cc1. The lowest BCUT2D eigenvalue weighted by atomic mass is 10.2. The van der Waals surface area contributed by atoms with Gasteiger partial charge in [-0.1, -0.05) is 18.2 Å². The Morgan fingerprint density at radius 2 is 1.94 bits per heavy atom. The average molecular weight is 249 g/mol. The fraction of sp³-hybridized carbons (Fsp3) is 0.231. The Hall–Kier alpha value is -1.36. The van der Waals surface area contributed by atoms with Gasteiger partial charge in [0.15, 0.2) is 0 Å². The van der Waals surface area contributed by atoms with Crippen LogP contribution >= 0.6 is 11.3 Å². The molecule has 2 aromatic rings. The van der Waals surface area contributed by atoms with Crippen molar-refractivity contribution in [3.63, 3.8) is 0 Å². The van der Waals surface area contributed by atoms with Crippen molar-refractivity contribution in [1.29, 1.82) is 0 Å². The van der Waals surface area contributed by atoms with Gasteiger partial charge in [-0.25, -0.2) is 0 Å². The molecule has 0 aliphatic rings. The second-order valence-electron chi connectivity index (χ2n) is 3.83. The molecule has 1 aromatic carbocycles. The van der Waals surface area contributed by atoms with Crippen LogP contribution in [0, 0.1) is 0 Å². The number of aromatic hydroxyl groups is 1. The highest BCUT2D eigenvalue weighted by Crippen LogP contribution is 2.17. The standard InChI is InChI=1S/C13H15NO2S/c15-11-5-3-10(4-6-11)8-14-9-12(16)13-2-1-7-17-13/h1-7,12,14-16H,8-9H2. The van der Waals surface area contributed by atoms with Gasteiger partial charge >= 0.3 is 0 Å². The highest BCUT2D eigenvalue weighted by atomic mass is 32.1. The summed E-state index contributed by atoms with van der Waals surface area (Å²) in [5.74, 6) is 0.271. The number of phenolic OH excluding ortho intramolecular Hbond substituents is 1. The number of hydrogen-bond donors (Lipinski definition) is 3. The summed E-state index contributed by atoms with van der Waals surface area (Å²) in [4.78, 5) is 0.975. The summed E-state index contributed by atoms with van der Waals surface area (Å²) >= 11 is 1.56. The highest BCUT2D eigenvalue weighted by molar-refractivity contribution is 7.10. The Morgan fingerprint density at radius 1 is 1.18 bits per heavy atom. The second-order valence-corrected chi connectivity index (χ2v) is 4.81. The quantitative estimate of drug-likeness (QED) is 0.762. The number of thiophene rings is 1. The summed E-state index contributed by atoms with van der Waals surface area (Å²) < 4.78 is 0. The Morgan fingerprint density at radius 3 is 2.59 bits per heavy atom. The number of aliphatic hydroxyl groups is 1. The molecule has 17 heavy (non-hydrogen) atoms. The Kier molecular flexibility index (Phi) is 4.14. The van der Waals surface area contributed by atoms with Gasteiger partial charge in [-0.05, 0) is 29.1 Å². The monoisotopic (exact) mass is 249 g/mol. The fourth-order valence-electron chi connectivity index (χ4n) is 1.55. The van der Waals surface area contributed by atoms with Crippen LogP contribution in [0.3, 0.4) is 0 Å². The van der Waals surface area contributed by atoms with Gasteiger partial charge in [-0.15, -0.1) is 11.3 Å². The van der Waals surface area contributed by atoms with Gasteiger partial charge in [0.05, 0.1) is 0 Å². The molecule has 1 aromatic heterocycles. The summed E-state index contributed by atoms with van der Waals surface area (Å²) in [6.45, 7) is 1.21. The van der Waals surface area contributed by atoms with E-state index in [4.69, 9.17) is 5.11 Å². The molecule has 1 heterocycles. The third-order valence-corrected chi connectivity index (χ3v) is 3.45. The van der Waals surface area contributed by atoms with Gasteiger partial charge in [0.2, 0.25) is 0 Å². The lowest BCUT2D eigenvalue weighted by Crippen LogP contribution is -2.20. The van der Waals surface area contributed by atoms with Crippen LogP contribution in [0.5, 0.6) is 5.75 Å². The molecule has 90 valence electrons. The number of hydrogen-bond acceptors (Lipinski definition) is 4. The minimum absolute atomic E-state index is 0.271. The van der Waals surface area contributed by atoms with Crippen LogP contribution in [0.25, 0.3) is 0 Å². The number of benzene rings is 1. The molecule has 0 aliphatic carbocycles. The molecule has 0 saturated heterocycles. The van der Waals surface area contributed by atoms with E-state index in [0.29, 0.717) is 13.1 Å². The van der Waals surface area contributed by atoms with E-state index >= 15 is 0 Å². The van der Waals surface area contributed by atoms with E-state index in [1.807, 2.05) is 29.6 Å². The maximum Gasteiger partial charge on any atom is 0.115 e. The van der Waals surface area contributed by atoms with Crippen LogP contribution in [-0.4, -0.2) is 16.8 Å². The molecule has 4 heteroatoms. The number of aliphatic hydroxyl groups excluding tert-OH is 1. The summed E-state index contributed by atoms with van der Waals surface area (Å²) in [6.07, 6.45) is -0.452. The van der Waals surface area contributed by atoms with Crippen LogP contribution in [-0.2, 0) is 6.54 Å². The maximum atomic E-state index is 9.84. The molecule has 0 aliphatic heterocycles. The van der Waals surface area contributed by atoms with Crippen LogP contribution in [0.1, 0.15) is 16.5 Å². The second kappa shape index (κ2) is 5.82. The fourth-order valence-corrected chi connectivity index (χ4v) is 2.26. The smallest absolute Gasteiger partial charge is 0.115 e. The van der Waals surface area contributed by atoms with Crippen LogP contribution < -0.4 is 5.32 Å². The first-order valence-electron chi connectivity index (χ1n) is 5.46. The van der Waals surface area contributed by atoms with E-state index in [9.17, 15) is 5.11 Å². The first kappa shape index (κ1) is 12.1. The van der Waals surface area contributed by atoms with Gasteiger partial charge in [0, 0.05) is 18.0 Å². The summed E-state index contributed by atoms with van der Waals surface area (Å²) in [7, 11) is 0. The van der Waals surface area contributed by atoms with Gasteiger partial charge < -0.3 is 15.5 Å². The number of phenols is 1. The number of rotatable bonds is 5. The normalized spacial score (nSPS) is 12.5. The minimum atomic E-state index is -0.452. The van der Waals surface area contributed by atoms with Gasteiger partial charge in [-0.3, -0.25) is 0 Å². The Balaban J connectivity index is 1.78. The summed E-state index contributed by atoms with van der Waals surface area (Å²) in [5.41, 5.74) is 1.08. The molecular formula is C13H15NO2S. The molecule has 0 fully saturated rings. The number of nitrogens with one attached hydrogen (secondary N) is 1. The van der Waals surface area contributed by atoms with Crippen LogP contribution in [0.15, 0.2) is 41.8 Å². The van der Waals surface area contributed by atoms with Crippen molar-refractivity contribution < 1.29 is 10.2 Å². The van der Waals surface area contributed by atoms with Gasteiger partial charge in [-0.2, -0.15) is 0 Å². The van der Waals surface area contributed by atoms with E-state index in [2.05, 4.69) is 5.32 Å². The van der Waals surface area contributed by atoms with Gasteiger partial charge in [0.1, 0.15) is 11.9 Å². The molecule has 0 radical (unpaired) electrons. The predicted molar refractivity (Wildman–Crippen MR) is 69.1 cm³/mol. The molecule has 0 spiro atoms. The molecule has 2 rings (SSSR count). The zero-order valence-corrected chi connectivity index (χ0v) is 10.2. The van der Waals surface area contributed by atoms with E-state index in [1.54, 1.807) is 23.5 Å². The maximum absolute atomic E-state index is 9.84. The van der Waals surface area contributed by atoms with Crippen molar-refractivity contribution in [2.24, 2.45) is 0 Å². The Bertz CT molecular complexity index is 439. The molecule has 0 bridgehead atoms. The zero-order valence-electron chi connectivity index (χ0n) is 9.34. The molecular weight excluding hydrogens is 234 g/mol. The van der Waals surface area contributed by atoms with Crippen LogP contribution in [0.4, 0.5) is 0 Å². The van der Waals surface area contributed by atoms with Crippen molar-refractivity contribution in [3.8, 4) is 5.75 Å².